The minimum Gasteiger partial charge on any atom is -0.481 e. The summed E-state index contributed by atoms with van der Waals surface area (Å²) in [6.45, 7) is 1.81. The van der Waals surface area contributed by atoms with Crippen LogP contribution < -0.4 is 0 Å². The Morgan fingerprint density at radius 1 is 1.56 bits per heavy atom. The molecule has 0 aromatic carbocycles. The number of aromatic nitrogens is 1. The van der Waals surface area contributed by atoms with Crippen LogP contribution in [0.3, 0.4) is 0 Å². The first-order valence-corrected chi connectivity index (χ1v) is 7.07. The molecular weight excluding hydrogens is 294 g/mol. The number of hydrogen-bond acceptors (Lipinski definition) is 6. The Bertz CT molecular complexity index is 616. The van der Waals surface area contributed by atoms with Crippen LogP contribution in [-0.2, 0) is 11.8 Å². The third-order valence-electron chi connectivity index (χ3n) is 2.33. The Labute approximate surface area is 116 Å². The molecule has 1 N–H and O–H groups in total. The molecule has 0 atom stereocenters. The van der Waals surface area contributed by atoms with E-state index >= 15 is 0 Å². The predicted octanol–water partition coefficient (Wildman–Crippen LogP) is 1.67. The summed E-state index contributed by atoms with van der Waals surface area (Å²) in [7, 11) is 1.80. The SMILES string of the molecule is Cc1c(C(=O)N2N=C2SCC(=O)O)sc(=S)n1C. The van der Waals surface area contributed by atoms with E-state index in [0.29, 0.717) is 14.0 Å². The van der Waals surface area contributed by atoms with E-state index in [1.165, 1.54) is 16.3 Å². The van der Waals surface area contributed by atoms with Crippen LogP contribution in [0.2, 0.25) is 0 Å². The summed E-state index contributed by atoms with van der Waals surface area (Å²) in [6, 6.07) is 0. The van der Waals surface area contributed by atoms with E-state index in [4.69, 9.17) is 17.3 Å². The molecule has 0 spiro atoms. The number of nitrogens with zero attached hydrogens (tertiary/aromatic N) is 3. The molecule has 1 aliphatic rings. The average molecular weight is 303 g/mol. The summed E-state index contributed by atoms with van der Waals surface area (Å²) in [5.41, 5.74) is 0.791. The fourth-order valence-corrected chi connectivity index (χ4v) is 3.12. The molecule has 0 saturated carbocycles. The van der Waals surface area contributed by atoms with Gasteiger partial charge < -0.3 is 9.67 Å². The zero-order valence-corrected chi connectivity index (χ0v) is 12.0. The first kappa shape index (κ1) is 13.2. The Morgan fingerprint density at radius 3 is 2.72 bits per heavy atom. The number of aliphatic carboxylic acids is 1. The van der Waals surface area contributed by atoms with Crippen LogP contribution in [0.15, 0.2) is 5.10 Å². The smallest absolute Gasteiger partial charge is 0.313 e. The standard InChI is InChI=1S/C9H9N3O3S3/c1-4-6(18-9(16)11(4)2)7(15)12-8(10-12)17-3-5(13)14/h3H2,1-2H3,(H,13,14). The van der Waals surface area contributed by atoms with Crippen molar-refractivity contribution in [2.45, 2.75) is 6.92 Å². The number of amidine groups is 1. The summed E-state index contributed by atoms with van der Waals surface area (Å²) in [4.78, 5) is 23.0. The summed E-state index contributed by atoms with van der Waals surface area (Å²) >= 11 is 7.35. The lowest BCUT2D eigenvalue weighted by molar-refractivity contribution is -0.133. The van der Waals surface area contributed by atoms with E-state index in [-0.39, 0.29) is 11.7 Å². The van der Waals surface area contributed by atoms with Crippen molar-refractivity contribution in [2.24, 2.45) is 12.1 Å². The van der Waals surface area contributed by atoms with Crippen molar-refractivity contribution in [2.75, 3.05) is 5.75 Å². The topological polar surface area (TPSA) is 74.7 Å². The van der Waals surface area contributed by atoms with Gasteiger partial charge in [0.2, 0.25) is 5.17 Å². The quantitative estimate of drug-likeness (QED) is 0.860. The van der Waals surface area contributed by atoms with Crippen LogP contribution in [0.5, 0.6) is 0 Å². The number of thioether (sulfide) groups is 1. The van der Waals surface area contributed by atoms with Crippen LogP contribution >= 0.6 is 35.3 Å². The van der Waals surface area contributed by atoms with Crippen molar-refractivity contribution in [3.05, 3.63) is 14.5 Å². The Hall–Kier alpha value is -1.19. The molecule has 6 nitrogen and oxygen atoms in total. The van der Waals surface area contributed by atoms with E-state index in [9.17, 15) is 9.59 Å². The van der Waals surface area contributed by atoms with E-state index in [1.54, 1.807) is 11.6 Å². The second kappa shape index (κ2) is 4.82. The lowest BCUT2D eigenvalue weighted by atomic mass is 10.4. The fraction of sp³-hybridized carbons (Fsp3) is 0.333. The van der Waals surface area contributed by atoms with Gasteiger partial charge in [-0.05, 0) is 19.1 Å². The van der Waals surface area contributed by atoms with Gasteiger partial charge in [0.25, 0.3) is 5.91 Å². The Balaban J connectivity index is 2.05. The molecule has 0 bridgehead atoms. The molecular formula is C9H9N3O3S3. The third-order valence-corrected chi connectivity index (χ3v) is 4.88. The molecule has 1 aliphatic heterocycles. The van der Waals surface area contributed by atoms with Crippen LogP contribution in [-0.4, -0.2) is 37.5 Å². The highest BCUT2D eigenvalue weighted by atomic mass is 32.2. The first-order chi connectivity index (χ1) is 8.41. The van der Waals surface area contributed by atoms with Gasteiger partial charge in [-0.1, -0.05) is 23.1 Å². The van der Waals surface area contributed by atoms with Gasteiger partial charge >= 0.3 is 5.97 Å². The number of hydrazone groups is 1. The van der Waals surface area contributed by atoms with E-state index in [0.717, 1.165) is 17.5 Å². The van der Waals surface area contributed by atoms with Crippen molar-refractivity contribution in [3.8, 4) is 0 Å². The maximum Gasteiger partial charge on any atom is 0.313 e. The molecule has 2 rings (SSSR count). The number of thiazole rings is 1. The molecule has 18 heavy (non-hydrogen) atoms. The molecule has 0 fully saturated rings. The van der Waals surface area contributed by atoms with Crippen LogP contribution in [0.25, 0.3) is 0 Å². The average Bonchev–Trinajstić information content (AvgIpc) is 3.05. The van der Waals surface area contributed by atoms with Gasteiger partial charge in [-0.2, -0.15) is 5.01 Å². The number of hydrogen-bond donors (Lipinski definition) is 1. The van der Waals surface area contributed by atoms with Gasteiger partial charge in [-0.15, -0.1) is 5.10 Å². The molecule has 9 heteroatoms. The van der Waals surface area contributed by atoms with Gasteiger partial charge in [0, 0.05) is 12.7 Å². The Morgan fingerprint density at radius 2 is 2.22 bits per heavy atom. The highest BCUT2D eigenvalue weighted by molar-refractivity contribution is 8.14. The number of carbonyl (C=O) groups excluding carboxylic acids is 1. The molecule has 96 valence electrons. The molecule has 0 aliphatic carbocycles. The molecule has 1 aromatic heterocycles. The maximum absolute atomic E-state index is 12.0. The van der Waals surface area contributed by atoms with Gasteiger partial charge in [0.1, 0.15) is 4.88 Å². The van der Waals surface area contributed by atoms with Crippen LogP contribution in [0, 0.1) is 10.9 Å². The number of carbonyl (C=O) groups is 2. The molecule has 0 saturated heterocycles. The fourth-order valence-electron chi connectivity index (χ4n) is 1.23. The monoisotopic (exact) mass is 303 g/mol. The first-order valence-electron chi connectivity index (χ1n) is 4.86. The highest BCUT2D eigenvalue weighted by Crippen LogP contribution is 2.28. The van der Waals surface area contributed by atoms with Gasteiger partial charge in [-0.3, -0.25) is 9.59 Å². The normalized spacial score (nSPS) is 13.4. The Kier molecular flexibility index (Phi) is 3.55. The maximum atomic E-state index is 12.0. The number of carboxylic acid groups (broad SMARTS) is 1. The van der Waals surface area contributed by atoms with Gasteiger partial charge in [0.05, 0.1) is 5.75 Å². The molecule has 1 amide bonds. The van der Waals surface area contributed by atoms with Crippen molar-refractivity contribution < 1.29 is 14.7 Å². The summed E-state index contributed by atoms with van der Waals surface area (Å²) in [5.74, 6) is -1.29. The zero-order valence-electron chi connectivity index (χ0n) is 9.54. The van der Waals surface area contributed by atoms with Gasteiger partial charge in [-0.25, -0.2) is 0 Å². The van der Waals surface area contributed by atoms with E-state index < -0.39 is 5.97 Å². The minimum absolute atomic E-state index is 0.105. The van der Waals surface area contributed by atoms with Crippen molar-refractivity contribution in [3.63, 3.8) is 0 Å². The highest BCUT2D eigenvalue weighted by Gasteiger charge is 2.35. The van der Waals surface area contributed by atoms with E-state index in [2.05, 4.69) is 5.10 Å². The lowest BCUT2D eigenvalue weighted by Crippen LogP contribution is -2.16. The van der Waals surface area contributed by atoms with Crippen LogP contribution in [0.1, 0.15) is 15.4 Å². The second-order valence-electron chi connectivity index (χ2n) is 3.52. The van der Waals surface area contributed by atoms with Crippen molar-refractivity contribution >= 4 is 52.4 Å². The predicted molar refractivity (Wildman–Crippen MR) is 72.6 cm³/mol. The molecule has 2 heterocycles. The van der Waals surface area contributed by atoms with Crippen LogP contribution in [0.4, 0.5) is 0 Å². The third kappa shape index (κ3) is 2.47. The zero-order chi connectivity index (χ0) is 13.4. The minimum atomic E-state index is -0.937. The number of rotatable bonds is 3. The number of amides is 1. The molecule has 0 unspecified atom stereocenters. The van der Waals surface area contributed by atoms with Gasteiger partial charge in [0.15, 0.2) is 3.95 Å². The van der Waals surface area contributed by atoms with E-state index in [1.807, 2.05) is 6.92 Å². The number of carboxylic acids is 1. The second-order valence-corrected chi connectivity index (χ2v) is 6.11. The molecule has 0 radical (unpaired) electrons. The summed E-state index contributed by atoms with van der Waals surface area (Å²) in [6.07, 6.45) is 0. The summed E-state index contributed by atoms with van der Waals surface area (Å²) < 4.78 is 2.39. The van der Waals surface area contributed by atoms with Crippen molar-refractivity contribution in [1.82, 2.24) is 9.58 Å². The summed E-state index contributed by atoms with van der Waals surface area (Å²) in [5, 5.41) is 14.0. The lowest BCUT2D eigenvalue weighted by Gasteiger charge is -2.00. The molecule has 1 aromatic rings. The largest absolute Gasteiger partial charge is 0.481 e. The van der Waals surface area contributed by atoms with Crippen molar-refractivity contribution in [1.29, 1.82) is 0 Å².